The van der Waals surface area contributed by atoms with Crippen molar-refractivity contribution < 1.29 is 0 Å². The van der Waals surface area contributed by atoms with Crippen LogP contribution in [0.3, 0.4) is 0 Å². The van der Waals surface area contributed by atoms with E-state index in [0.29, 0.717) is 0 Å². The third-order valence-corrected chi connectivity index (χ3v) is 3.93. The van der Waals surface area contributed by atoms with Crippen molar-refractivity contribution in [3.8, 4) is 0 Å². The van der Waals surface area contributed by atoms with E-state index in [-0.39, 0.29) is 12.0 Å². The molecule has 1 aromatic carbocycles. The van der Waals surface area contributed by atoms with E-state index in [1.165, 1.54) is 5.56 Å². The number of rotatable bonds is 3. The Morgan fingerprint density at radius 1 is 1.22 bits per heavy atom. The Labute approximate surface area is 116 Å². The van der Waals surface area contributed by atoms with Crippen LogP contribution in [0.4, 0.5) is 0 Å². The van der Waals surface area contributed by atoms with E-state index >= 15 is 0 Å². The third-order valence-electron chi connectivity index (χ3n) is 3.20. The summed E-state index contributed by atoms with van der Waals surface area (Å²) >= 11 is 3.57. The number of nitrogens with two attached hydrogens (primary N) is 1. The van der Waals surface area contributed by atoms with Gasteiger partial charge in [0, 0.05) is 28.3 Å². The molecule has 0 saturated heterocycles. The average molecular weight is 305 g/mol. The molecule has 2 N–H and O–H groups in total. The van der Waals surface area contributed by atoms with E-state index in [2.05, 4.69) is 53.0 Å². The zero-order valence-corrected chi connectivity index (χ0v) is 12.2. The van der Waals surface area contributed by atoms with Gasteiger partial charge in [-0.1, -0.05) is 46.6 Å². The van der Waals surface area contributed by atoms with Crippen LogP contribution in [0.25, 0.3) is 0 Å². The predicted octanol–water partition coefficient (Wildman–Crippen LogP) is 3.96. The average Bonchev–Trinajstić information content (AvgIpc) is 2.41. The lowest BCUT2D eigenvalue weighted by atomic mass is 9.91. The normalized spacial score (nSPS) is 14.2. The second-order valence-electron chi connectivity index (χ2n) is 4.59. The van der Waals surface area contributed by atoms with E-state index in [4.69, 9.17) is 5.73 Å². The minimum atomic E-state index is -0.0609. The molecule has 2 rings (SSSR count). The Morgan fingerprint density at radius 3 is 2.67 bits per heavy atom. The van der Waals surface area contributed by atoms with Gasteiger partial charge in [-0.15, -0.1) is 0 Å². The SMILES string of the molecule is Cc1ccc(Br)c(C(N)C(C)c2ccccn2)c1. The molecule has 1 heterocycles. The van der Waals surface area contributed by atoms with Crippen molar-refractivity contribution in [3.05, 3.63) is 63.9 Å². The Bertz CT molecular complexity index is 525. The molecule has 2 nitrogen and oxygen atoms in total. The van der Waals surface area contributed by atoms with Crippen molar-refractivity contribution in [1.29, 1.82) is 0 Å². The first-order chi connectivity index (χ1) is 8.59. The molecule has 2 unspecified atom stereocenters. The standard InChI is InChI=1S/C15H17BrN2/c1-10-6-7-13(16)12(9-10)15(17)11(2)14-5-3-4-8-18-14/h3-9,11,15H,17H2,1-2H3. The van der Waals surface area contributed by atoms with Gasteiger partial charge in [0.1, 0.15) is 0 Å². The van der Waals surface area contributed by atoms with Crippen LogP contribution >= 0.6 is 15.9 Å². The maximum absolute atomic E-state index is 6.37. The quantitative estimate of drug-likeness (QED) is 0.932. The molecule has 0 bridgehead atoms. The Morgan fingerprint density at radius 2 is 2.00 bits per heavy atom. The highest BCUT2D eigenvalue weighted by Crippen LogP contribution is 2.32. The van der Waals surface area contributed by atoms with Crippen molar-refractivity contribution in [2.75, 3.05) is 0 Å². The molecule has 0 aliphatic carbocycles. The van der Waals surface area contributed by atoms with E-state index in [1.807, 2.05) is 24.4 Å². The van der Waals surface area contributed by atoms with Gasteiger partial charge in [-0.05, 0) is 30.7 Å². The van der Waals surface area contributed by atoms with Crippen LogP contribution in [-0.4, -0.2) is 4.98 Å². The molecule has 0 radical (unpaired) electrons. The molecule has 0 spiro atoms. The fourth-order valence-corrected chi connectivity index (χ4v) is 2.53. The molecule has 0 aliphatic rings. The van der Waals surface area contributed by atoms with Crippen LogP contribution in [0.1, 0.15) is 35.7 Å². The zero-order valence-electron chi connectivity index (χ0n) is 10.6. The highest BCUT2D eigenvalue weighted by molar-refractivity contribution is 9.10. The maximum atomic E-state index is 6.37. The second-order valence-corrected chi connectivity index (χ2v) is 5.45. The van der Waals surface area contributed by atoms with E-state index in [0.717, 1.165) is 15.7 Å². The van der Waals surface area contributed by atoms with Crippen molar-refractivity contribution in [2.24, 2.45) is 5.73 Å². The first-order valence-corrected chi connectivity index (χ1v) is 6.81. The van der Waals surface area contributed by atoms with E-state index < -0.39 is 0 Å². The third kappa shape index (κ3) is 2.79. The lowest BCUT2D eigenvalue weighted by Gasteiger charge is -2.21. The monoisotopic (exact) mass is 304 g/mol. The number of hydrogen-bond acceptors (Lipinski definition) is 2. The molecule has 0 aliphatic heterocycles. The summed E-state index contributed by atoms with van der Waals surface area (Å²) in [6.07, 6.45) is 1.81. The minimum absolute atomic E-state index is 0.0609. The zero-order chi connectivity index (χ0) is 13.1. The van der Waals surface area contributed by atoms with Gasteiger partial charge in [0.05, 0.1) is 0 Å². The number of aromatic nitrogens is 1. The highest BCUT2D eigenvalue weighted by atomic mass is 79.9. The van der Waals surface area contributed by atoms with Gasteiger partial charge in [-0.2, -0.15) is 0 Å². The summed E-state index contributed by atoms with van der Waals surface area (Å²) < 4.78 is 1.06. The Balaban J connectivity index is 2.31. The molecule has 2 atom stereocenters. The molecule has 0 saturated carbocycles. The summed E-state index contributed by atoms with van der Waals surface area (Å²) in [7, 11) is 0. The lowest BCUT2D eigenvalue weighted by molar-refractivity contribution is 0.581. The van der Waals surface area contributed by atoms with Gasteiger partial charge >= 0.3 is 0 Å². The highest BCUT2D eigenvalue weighted by Gasteiger charge is 2.19. The maximum Gasteiger partial charge on any atom is 0.0450 e. The van der Waals surface area contributed by atoms with Crippen LogP contribution in [-0.2, 0) is 0 Å². The van der Waals surface area contributed by atoms with Gasteiger partial charge in [-0.25, -0.2) is 0 Å². The smallest absolute Gasteiger partial charge is 0.0450 e. The van der Waals surface area contributed by atoms with Gasteiger partial charge in [-0.3, -0.25) is 4.98 Å². The van der Waals surface area contributed by atoms with Crippen molar-refractivity contribution >= 4 is 15.9 Å². The van der Waals surface area contributed by atoms with Crippen LogP contribution in [0.15, 0.2) is 47.1 Å². The number of aryl methyl sites for hydroxylation is 1. The first-order valence-electron chi connectivity index (χ1n) is 6.02. The van der Waals surface area contributed by atoms with E-state index in [1.54, 1.807) is 0 Å². The lowest BCUT2D eigenvalue weighted by Crippen LogP contribution is -2.19. The number of hydrogen-bond donors (Lipinski definition) is 1. The fraction of sp³-hybridized carbons (Fsp3) is 0.267. The van der Waals surface area contributed by atoms with Gasteiger partial charge < -0.3 is 5.73 Å². The molecule has 3 heteroatoms. The van der Waals surface area contributed by atoms with Crippen molar-refractivity contribution in [2.45, 2.75) is 25.8 Å². The number of nitrogens with zero attached hydrogens (tertiary/aromatic N) is 1. The van der Waals surface area contributed by atoms with Crippen LogP contribution < -0.4 is 5.73 Å². The predicted molar refractivity (Wildman–Crippen MR) is 78.5 cm³/mol. The summed E-state index contributed by atoms with van der Waals surface area (Å²) in [6.45, 7) is 4.19. The largest absolute Gasteiger partial charge is 0.323 e. The Kier molecular flexibility index (Phi) is 4.15. The summed E-state index contributed by atoms with van der Waals surface area (Å²) in [4.78, 5) is 4.38. The summed E-state index contributed by atoms with van der Waals surface area (Å²) in [6, 6.07) is 12.1. The van der Waals surface area contributed by atoms with Crippen LogP contribution in [0.5, 0.6) is 0 Å². The number of halogens is 1. The molecule has 0 amide bonds. The van der Waals surface area contributed by atoms with Gasteiger partial charge in [0.2, 0.25) is 0 Å². The van der Waals surface area contributed by atoms with Crippen LogP contribution in [0, 0.1) is 6.92 Å². The summed E-state index contributed by atoms with van der Waals surface area (Å²) in [5.41, 5.74) is 9.75. The van der Waals surface area contributed by atoms with E-state index in [9.17, 15) is 0 Å². The second kappa shape index (κ2) is 5.63. The molecule has 18 heavy (non-hydrogen) atoms. The summed E-state index contributed by atoms with van der Waals surface area (Å²) in [5, 5.41) is 0. The Hall–Kier alpha value is -1.19. The van der Waals surface area contributed by atoms with Gasteiger partial charge in [0.15, 0.2) is 0 Å². The van der Waals surface area contributed by atoms with Gasteiger partial charge in [0.25, 0.3) is 0 Å². The molecular formula is C15H17BrN2. The van der Waals surface area contributed by atoms with Crippen molar-refractivity contribution in [1.82, 2.24) is 4.98 Å². The molecule has 1 aromatic heterocycles. The molecule has 94 valence electrons. The topological polar surface area (TPSA) is 38.9 Å². The molecular weight excluding hydrogens is 288 g/mol. The summed E-state index contributed by atoms with van der Waals surface area (Å²) in [5.74, 6) is 0.185. The van der Waals surface area contributed by atoms with Crippen LogP contribution in [0.2, 0.25) is 0 Å². The molecule has 2 aromatic rings. The minimum Gasteiger partial charge on any atom is -0.323 e. The number of pyridine rings is 1. The fourth-order valence-electron chi connectivity index (χ4n) is 2.02. The molecule has 0 fully saturated rings. The van der Waals surface area contributed by atoms with Crippen molar-refractivity contribution in [3.63, 3.8) is 0 Å². The first kappa shape index (κ1) is 13.2. The number of benzene rings is 1.